The first-order valence-corrected chi connectivity index (χ1v) is 8.13. The van der Waals surface area contributed by atoms with Crippen molar-refractivity contribution in [3.63, 3.8) is 0 Å². The Morgan fingerprint density at radius 3 is 2.67 bits per heavy atom. The Morgan fingerprint density at radius 1 is 1.24 bits per heavy atom. The predicted molar refractivity (Wildman–Crippen MR) is 90.8 cm³/mol. The van der Waals surface area contributed by atoms with Crippen molar-refractivity contribution in [3.05, 3.63) is 35.5 Å². The van der Waals surface area contributed by atoms with Crippen LogP contribution in [0.2, 0.25) is 0 Å². The highest BCUT2D eigenvalue weighted by atomic mass is 15.2. The van der Waals surface area contributed by atoms with Crippen LogP contribution in [-0.2, 0) is 13.0 Å². The maximum atomic E-state index is 4.86. The Bertz CT molecular complexity index is 486. The number of nitrogens with one attached hydrogen (secondary N) is 1. The van der Waals surface area contributed by atoms with Crippen LogP contribution in [-0.4, -0.2) is 23.6 Å². The van der Waals surface area contributed by atoms with Gasteiger partial charge < -0.3 is 10.2 Å². The van der Waals surface area contributed by atoms with Crippen molar-refractivity contribution in [2.45, 2.75) is 59.0 Å². The molecule has 0 aromatic carbocycles. The van der Waals surface area contributed by atoms with Crippen LogP contribution in [0.15, 0.2) is 24.3 Å². The molecule has 0 unspecified atom stereocenters. The summed E-state index contributed by atoms with van der Waals surface area (Å²) in [6, 6.07) is 4.50. The molecular weight excluding hydrogens is 258 g/mol. The van der Waals surface area contributed by atoms with Gasteiger partial charge in [0, 0.05) is 30.9 Å². The van der Waals surface area contributed by atoms with Crippen LogP contribution in [0.3, 0.4) is 0 Å². The second kappa shape index (κ2) is 7.08. The summed E-state index contributed by atoms with van der Waals surface area (Å²) in [6.45, 7) is 11.8. The predicted octanol–water partition coefficient (Wildman–Crippen LogP) is 3.69. The lowest BCUT2D eigenvalue weighted by Gasteiger charge is -2.26. The van der Waals surface area contributed by atoms with Crippen LogP contribution in [0.4, 0.5) is 5.82 Å². The Kier molecular flexibility index (Phi) is 5.40. The van der Waals surface area contributed by atoms with Gasteiger partial charge in [0.15, 0.2) is 0 Å². The summed E-state index contributed by atoms with van der Waals surface area (Å²) in [5.41, 5.74) is 2.70. The van der Waals surface area contributed by atoms with E-state index in [0.717, 1.165) is 44.7 Å². The van der Waals surface area contributed by atoms with Crippen LogP contribution >= 0.6 is 0 Å². The van der Waals surface area contributed by atoms with Crippen LogP contribution in [0.25, 0.3) is 0 Å². The fraction of sp³-hybridized carbons (Fsp3) is 0.611. The second-order valence-corrected chi connectivity index (χ2v) is 6.88. The van der Waals surface area contributed by atoms with Gasteiger partial charge in [0.05, 0.1) is 0 Å². The molecule has 0 bridgehead atoms. The minimum Gasteiger partial charge on any atom is -0.353 e. The number of anilines is 1. The Hall–Kier alpha value is -1.35. The molecule has 0 atom stereocenters. The van der Waals surface area contributed by atoms with Crippen molar-refractivity contribution < 1.29 is 0 Å². The van der Waals surface area contributed by atoms with E-state index in [1.54, 1.807) is 0 Å². The lowest BCUT2D eigenvalue weighted by atomic mass is 10.1. The summed E-state index contributed by atoms with van der Waals surface area (Å²) in [4.78, 5) is 7.23. The topological polar surface area (TPSA) is 28.2 Å². The molecule has 3 heteroatoms. The number of hydrogen-bond acceptors (Lipinski definition) is 3. The van der Waals surface area contributed by atoms with Gasteiger partial charge in [-0.2, -0.15) is 0 Å². The van der Waals surface area contributed by atoms with Crippen LogP contribution < -0.4 is 10.2 Å². The molecule has 0 aliphatic carbocycles. The number of nitrogens with zero attached hydrogens (tertiary/aromatic N) is 2. The third-order valence-electron chi connectivity index (χ3n) is 3.64. The molecule has 2 heterocycles. The van der Waals surface area contributed by atoms with Gasteiger partial charge in [-0.15, -0.1) is 0 Å². The van der Waals surface area contributed by atoms with Gasteiger partial charge in [-0.1, -0.05) is 25.5 Å². The first-order valence-electron chi connectivity index (χ1n) is 8.13. The van der Waals surface area contributed by atoms with Crippen molar-refractivity contribution >= 4 is 5.82 Å². The maximum absolute atomic E-state index is 4.86. The van der Waals surface area contributed by atoms with Crippen molar-refractivity contribution in [2.75, 3.05) is 18.0 Å². The first-order chi connectivity index (χ1) is 9.98. The monoisotopic (exact) mass is 287 g/mol. The normalized spacial score (nSPS) is 15.5. The summed E-state index contributed by atoms with van der Waals surface area (Å²) < 4.78 is 0. The number of pyridine rings is 1. The summed E-state index contributed by atoms with van der Waals surface area (Å²) in [7, 11) is 0. The molecule has 0 saturated heterocycles. The molecule has 21 heavy (non-hydrogen) atoms. The van der Waals surface area contributed by atoms with E-state index in [1.807, 2.05) is 0 Å². The molecule has 1 aromatic heterocycles. The van der Waals surface area contributed by atoms with Crippen molar-refractivity contribution in [2.24, 2.45) is 0 Å². The molecule has 0 amide bonds. The van der Waals surface area contributed by atoms with Crippen LogP contribution in [0.1, 0.15) is 51.8 Å². The van der Waals surface area contributed by atoms with Gasteiger partial charge in [0.25, 0.3) is 0 Å². The Morgan fingerprint density at radius 2 is 2.05 bits per heavy atom. The fourth-order valence-corrected chi connectivity index (χ4v) is 2.50. The lowest BCUT2D eigenvalue weighted by Crippen LogP contribution is -2.35. The van der Waals surface area contributed by atoms with E-state index in [1.165, 1.54) is 11.3 Å². The second-order valence-electron chi connectivity index (χ2n) is 6.88. The molecule has 0 fully saturated rings. The van der Waals surface area contributed by atoms with Gasteiger partial charge in [-0.05, 0) is 51.3 Å². The molecule has 1 N–H and O–H groups in total. The van der Waals surface area contributed by atoms with Gasteiger partial charge >= 0.3 is 0 Å². The summed E-state index contributed by atoms with van der Waals surface area (Å²) in [6.07, 6.45) is 7.82. The van der Waals surface area contributed by atoms with E-state index in [9.17, 15) is 0 Å². The van der Waals surface area contributed by atoms with Gasteiger partial charge in [0.2, 0.25) is 0 Å². The summed E-state index contributed by atoms with van der Waals surface area (Å²) in [5, 5.41) is 3.58. The van der Waals surface area contributed by atoms with Gasteiger partial charge in [-0.25, -0.2) is 4.98 Å². The highest BCUT2D eigenvalue weighted by Gasteiger charge is 2.13. The van der Waals surface area contributed by atoms with E-state index in [0.29, 0.717) is 0 Å². The van der Waals surface area contributed by atoms with E-state index in [2.05, 4.69) is 62.2 Å². The SMILES string of the molecule is CCCc1cc(CNC(C)(C)C)cc(N2CC=CCC2)n1. The molecule has 2 rings (SSSR count). The van der Waals surface area contributed by atoms with E-state index in [-0.39, 0.29) is 5.54 Å². The number of aryl methyl sites for hydroxylation is 1. The molecule has 0 radical (unpaired) electrons. The molecule has 0 saturated carbocycles. The van der Waals surface area contributed by atoms with Crippen molar-refractivity contribution in [1.29, 1.82) is 0 Å². The minimum absolute atomic E-state index is 0.141. The first kappa shape index (κ1) is 16.0. The Balaban J connectivity index is 2.19. The number of rotatable bonds is 5. The smallest absolute Gasteiger partial charge is 0.129 e. The zero-order valence-corrected chi connectivity index (χ0v) is 13.9. The van der Waals surface area contributed by atoms with E-state index in [4.69, 9.17) is 4.98 Å². The highest BCUT2D eigenvalue weighted by Crippen LogP contribution is 2.19. The quantitative estimate of drug-likeness (QED) is 0.837. The lowest BCUT2D eigenvalue weighted by molar-refractivity contribution is 0.424. The molecule has 0 spiro atoms. The molecule has 116 valence electrons. The van der Waals surface area contributed by atoms with Crippen molar-refractivity contribution in [1.82, 2.24) is 10.3 Å². The molecule has 1 aliphatic heterocycles. The molecule has 1 aromatic rings. The average Bonchev–Trinajstić information content (AvgIpc) is 2.46. The van der Waals surface area contributed by atoms with Gasteiger partial charge in [-0.3, -0.25) is 0 Å². The zero-order valence-electron chi connectivity index (χ0n) is 13.9. The molecule has 3 nitrogen and oxygen atoms in total. The third kappa shape index (κ3) is 5.16. The Labute approximate surface area is 129 Å². The summed E-state index contributed by atoms with van der Waals surface area (Å²) >= 11 is 0. The van der Waals surface area contributed by atoms with Crippen molar-refractivity contribution in [3.8, 4) is 0 Å². The number of aromatic nitrogens is 1. The number of hydrogen-bond donors (Lipinski definition) is 1. The van der Waals surface area contributed by atoms with Crippen LogP contribution in [0, 0.1) is 0 Å². The van der Waals surface area contributed by atoms with Gasteiger partial charge in [0.1, 0.15) is 5.82 Å². The highest BCUT2D eigenvalue weighted by molar-refractivity contribution is 5.44. The molecular formula is C18H29N3. The largest absolute Gasteiger partial charge is 0.353 e. The minimum atomic E-state index is 0.141. The standard InChI is InChI=1S/C18H29N3/c1-5-9-16-12-15(14-19-18(2,3)4)13-17(20-16)21-10-7-6-8-11-21/h6-7,12-13,19H,5,8-11,14H2,1-4H3. The summed E-state index contributed by atoms with van der Waals surface area (Å²) in [5.74, 6) is 1.14. The maximum Gasteiger partial charge on any atom is 0.129 e. The zero-order chi connectivity index (χ0) is 15.3. The fourth-order valence-electron chi connectivity index (χ4n) is 2.50. The van der Waals surface area contributed by atoms with Crippen LogP contribution in [0.5, 0.6) is 0 Å². The van der Waals surface area contributed by atoms with E-state index < -0.39 is 0 Å². The molecule has 1 aliphatic rings. The average molecular weight is 287 g/mol. The van der Waals surface area contributed by atoms with E-state index >= 15 is 0 Å². The third-order valence-corrected chi connectivity index (χ3v) is 3.64.